The summed E-state index contributed by atoms with van der Waals surface area (Å²) in [4.78, 5) is 6.87. The number of benzene rings is 5. The minimum atomic E-state index is 0.592. The van der Waals surface area contributed by atoms with E-state index in [2.05, 4.69) is 101 Å². The van der Waals surface area contributed by atoms with E-state index in [1.807, 2.05) is 54.6 Å². The van der Waals surface area contributed by atoms with Gasteiger partial charge in [-0.3, -0.25) is 0 Å². The highest BCUT2D eigenvalue weighted by Crippen LogP contribution is 2.34. The van der Waals surface area contributed by atoms with E-state index < -0.39 is 0 Å². The molecule has 0 aliphatic rings. The van der Waals surface area contributed by atoms with Crippen LogP contribution >= 0.6 is 0 Å². The lowest BCUT2D eigenvalue weighted by molar-refractivity contribution is 0.590. The third-order valence-electron chi connectivity index (χ3n) is 6.11. The number of rotatable bonds is 6. The largest absolute Gasteiger partial charge is 0.437 e. The Morgan fingerprint density at radius 3 is 1.75 bits per heavy atom. The maximum atomic E-state index is 6.02. The van der Waals surface area contributed by atoms with E-state index in [-0.39, 0.29) is 0 Å². The molecule has 1 heterocycles. The Hall–Kier alpha value is -4.89. The average Bonchev–Trinajstić information content (AvgIpc) is 3.37. The SMILES string of the molecule is C(=C\c1nc2ccc(-c3ccccc3)cc2o1)/c1ccc(N(c2ccccc2)c2ccccc2)cc1. The van der Waals surface area contributed by atoms with Crippen LogP contribution in [0.3, 0.4) is 0 Å². The Bertz CT molecular complexity index is 1560. The Balaban J connectivity index is 1.25. The second-order valence-electron chi connectivity index (χ2n) is 8.53. The van der Waals surface area contributed by atoms with E-state index in [9.17, 15) is 0 Å². The van der Waals surface area contributed by atoms with Crippen molar-refractivity contribution in [1.29, 1.82) is 0 Å². The first-order chi connectivity index (χ1) is 17.8. The number of anilines is 3. The fourth-order valence-electron chi connectivity index (χ4n) is 4.33. The number of para-hydroxylation sites is 2. The molecule has 0 amide bonds. The van der Waals surface area contributed by atoms with Crippen molar-refractivity contribution in [3.05, 3.63) is 145 Å². The highest BCUT2D eigenvalue weighted by Gasteiger charge is 2.11. The molecule has 172 valence electrons. The van der Waals surface area contributed by atoms with Crippen LogP contribution in [0.1, 0.15) is 11.5 Å². The molecule has 0 saturated heterocycles. The minimum absolute atomic E-state index is 0.592. The fraction of sp³-hybridized carbons (Fsp3) is 0. The first-order valence-electron chi connectivity index (χ1n) is 12.0. The molecule has 6 rings (SSSR count). The molecule has 0 spiro atoms. The van der Waals surface area contributed by atoms with Gasteiger partial charge in [0.2, 0.25) is 5.89 Å². The van der Waals surface area contributed by atoms with Crippen molar-refractivity contribution in [2.45, 2.75) is 0 Å². The van der Waals surface area contributed by atoms with Gasteiger partial charge >= 0.3 is 0 Å². The van der Waals surface area contributed by atoms with Crippen LogP contribution in [0.5, 0.6) is 0 Å². The zero-order valence-electron chi connectivity index (χ0n) is 19.7. The van der Waals surface area contributed by atoms with E-state index in [0.717, 1.165) is 44.9 Å². The fourth-order valence-corrected chi connectivity index (χ4v) is 4.33. The van der Waals surface area contributed by atoms with Crippen LogP contribution in [0.25, 0.3) is 34.4 Å². The Kier molecular flexibility index (Phi) is 5.87. The predicted octanol–water partition coefficient (Wildman–Crippen LogP) is 9.13. The van der Waals surface area contributed by atoms with Gasteiger partial charge in [-0.15, -0.1) is 0 Å². The topological polar surface area (TPSA) is 29.3 Å². The first-order valence-corrected chi connectivity index (χ1v) is 12.0. The normalized spacial score (nSPS) is 11.2. The molecule has 0 fully saturated rings. The van der Waals surface area contributed by atoms with Crippen LogP contribution in [-0.2, 0) is 0 Å². The number of hydrogen-bond acceptors (Lipinski definition) is 3. The molecular formula is C33H24N2O. The van der Waals surface area contributed by atoms with Crippen molar-refractivity contribution in [2.75, 3.05) is 4.90 Å². The van der Waals surface area contributed by atoms with Gasteiger partial charge in [0.25, 0.3) is 0 Å². The smallest absolute Gasteiger partial charge is 0.220 e. The van der Waals surface area contributed by atoms with Crippen molar-refractivity contribution < 1.29 is 4.42 Å². The van der Waals surface area contributed by atoms with Gasteiger partial charge in [0.1, 0.15) is 5.52 Å². The van der Waals surface area contributed by atoms with Crippen molar-refractivity contribution in [3.63, 3.8) is 0 Å². The van der Waals surface area contributed by atoms with Crippen molar-refractivity contribution in [3.8, 4) is 11.1 Å². The summed E-state index contributed by atoms with van der Waals surface area (Å²) < 4.78 is 6.02. The summed E-state index contributed by atoms with van der Waals surface area (Å²) in [5.41, 5.74) is 8.33. The minimum Gasteiger partial charge on any atom is -0.437 e. The molecule has 36 heavy (non-hydrogen) atoms. The zero-order valence-corrected chi connectivity index (χ0v) is 19.7. The monoisotopic (exact) mass is 464 g/mol. The zero-order chi connectivity index (χ0) is 24.2. The highest BCUT2D eigenvalue weighted by molar-refractivity contribution is 5.82. The van der Waals surface area contributed by atoms with Gasteiger partial charge in [0.15, 0.2) is 5.58 Å². The third-order valence-corrected chi connectivity index (χ3v) is 6.11. The van der Waals surface area contributed by atoms with Crippen LogP contribution in [0.2, 0.25) is 0 Å². The number of hydrogen-bond donors (Lipinski definition) is 0. The molecule has 0 radical (unpaired) electrons. The van der Waals surface area contributed by atoms with Crippen LogP contribution in [0.15, 0.2) is 138 Å². The lowest BCUT2D eigenvalue weighted by Crippen LogP contribution is -2.09. The lowest BCUT2D eigenvalue weighted by Gasteiger charge is -2.25. The Morgan fingerprint density at radius 2 is 1.11 bits per heavy atom. The van der Waals surface area contributed by atoms with Gasteiger partial charge in [-0.1, -0.05) is 84.9 Å². The van der Waals surface area contributed by atoms with Crippen LogP contribution in [0, 0.1) is 0 Å². The summed E-state index contributed by atoms with van der Waals surface area (Å²) in [6, 6.07) is 45.7. The molecule has 0 N–H and O–H groups in total. The summed E-state index contributed by atoms with van der Waals surface area (Å²) in [6.45, 7) is 0. The standard InChI is InChI=1S/C33H24N2O/c1-4-10-26(11-5-1)27-19-22-31-32(24-27)36-33(34-31)23-18-25-16-20-30(21-17-25)35(28-12-6-2-7-13-28)29-14-8-3-9-15-29/h1-24H/b23-18+. The van der Waals surface area contributed by atoms with Crippen LogP contribution in [-0.4, -0.2) is 4.98 Å². The molecular weight excluding hydrogens is 440 g/mol. The van der Waals surface area contributed by atoms with E-state index in [1.165, 1.54) is 0 Å². The van der Waals surface area contributed by atoms with Gasteiger partial charge in [0, 0.05) is 23.1 Å². The summed E-state index contributed by atoms with van der Waals surface area (Å²) in [5.74, 6) is 0.592. The summed E-state index contributed by atoms with van der Waals surface area (Å²) in [6.07, 6.45) is 3.95. The average molecular weight is 465 g/mol. The second kappa shape index (κ2) is 9.77. The molecule has 1 aromatic heterocycles. The van der Waals surface area contributed by atoms with E-state index in [0.29, 0.717) is 5.89 Å². The third kappa shape index (κ3) is 4.55. The molecule has 0 unspecified atom stereocenters. The molecule has 0 bridgehead atoms. The second-order valence-corrected chi connectivity index (χ2v) is 8.53. The number of nitrogens with zero attached hydrogens (tertiary/aromatic N) is 2. The predicted molar refractivity (Wildman–Crippen MR) is 149 cm³/mol. The van der Waals surface area contributed by atoms with Gasteiger partial charge in [0.05, 0.1) is 0 Å². The molecule has 0 aliphatic carbocycles. The summed E-state index contributed by atoms with van der Waals surface area (Å²) in [5, 5.41) is 0. The van der Waals surface area contributed by atoms with Gasteiger partial charge in [-0.25, -0.2) is 4.98 Å². The van der Waals surface area contributed by atoms with Gasteiger partial charge in [-0.05, 0) is 71.3 Å². The molecule has 3 heteroatoms. The van der Waals surface area contributed by atoms with Gasteiger partial charge < -0.3 is 9.32 Å². The van der Waals surface area contributed by atoms with Crippen molar-refractivity contribution in [1.82, 2.24) is 4.98 Å². The Morgan fingerprint density at radius 1 is 0.528 bits per heavy atom. The summed E-state index contributed by atoms with van der Waals surface area (Å²) >= 11 is 0. The highest BCUT2D eigenvalue weighted by atomic mass is 16.3. The maximum absolute atomic E-state index is 6.02. The number of oxazole rings is 1. The molecule has 5 aromatic carbocycles. The molecule has 6 aromatic rings. The van der Waals surface area contributed by atoms with Crippen molar-refractivity contribution in [2.24, 2.45) is 0 Å². The van der Waals surface area contributed by atoms with E-state index in [1.54, 1.807) is 0 Å². The maximum Gasteiger partial charge on any atom is 0.220 e. The quantitative estimate of drug-likeness (QED) is 0.246. The number of aromatic nitrogens is 1. The first kappa shape index (κ1) is 21.6. The molecule has 3 nitrogen and oxygen atoms in total. The van der Waals surface area contributed by atoms with E-state index in [4.69, 9.17) is 4.42 Å². The van der Waals surface area contributed by atoms with Crippen LogP contribution < -0.4 is 4.90 Å². The molecule has 0 atom stereocenters. The number of fused-ring (bicyclic) bond motifs is 1. The lowest BCUT2D eigenvalue weighted by atomic mass is 10.1. The van der Waals surface area contributed by atoms with E-state index >= 15 is 0 Å². The van der Waals surface area contributed by atoms with Gasteiger partial charge in [-0.2, -0.15) is 0 Å². The summed E-state index contributed by atoms with van der Waals surface area (Å²) in [7, 11) is 0. The van der Waals surface area contributed by atoms with Crippen LogP contribution in [0.4, 0.5) is 17.1 Å². The van der Waals surface area contributed by atoms with Crippen molar-refractivity contribution >= 4 is 40.3 Å². The molecule has 0 aliphatic heterocycles. The Labute approximate surface area is 210 Å². The molecule has 0 saturated carbocycles.